The Morgan fingerprint density at radius 3 is 2.61 bits per heavy atom. The van der Waals surface area contributed by atoms with Gasteiger partial charge >= 0.3 is 0 Å². The van der Waals surface area contributed by atoms with Crippen LogP contribution in [0.2, 0.25) is 10.0 Å². The molecule has 0 aliphatic rings. The summed E-state index contributed by atoms with van der Waals surface area (Å²) in [5.74, 6) is -0.214. The number of halogens is 2. The third-order valence-corrected chi connectivity index (χ3v) is 5.03. The Morgan fingerprint density at radius 2 is 1.89 bits per heavy atom. The number of fused-ring (bicyclic) bond motifs is 1. The van der Waals surface area contributed by atoms with Crippen LogP contribution in [0.3, 0.4) is 0 Å². The van der Waals surface area contributed by atoms with Crippen molar-refractivity contribution in [1.82, 2.24) is 9.47 Å². The number of amides is 1. The molecule has 0 aliphatic heterocycles. The number of nitrogens with one attached hydrogen (secondary N) is 1. The summed E-state index contributed by atoms with van der Waals surface area (Å²) in [4.78, 5) is 27.3. The lowest BCUT2D eigenvalue weighted by atomic mass is 10.1. The Hall–Kier alpha value is -2.34. The number of rotatable bonds is 6. The van der Waals surface area contributed by atoms with Crippen molar-refractivity contribution in [3.05, 3.63) is 74.6 Å². The van der Waals surface area contributed by atoms with Crippen molar-refractivity contribution in [2.45, 2.75) is 13.0 Å². The summed E-state index contributed by atoms with van der Waals surface area (Å²) in [6.45, 7) is 1.37. The molecule has 0 unspecified atom stereocenters. The fourth-order valence-corrected chi connectivity index (χ4v) is 3.42. The van der Waals surface area contributed by atoms with Crippen molar-refractivity contribution < 1.29 is 4.79 Å². The third kappa shape index (κ3) is 4.73. The summed E-state index contributed by atoms with van der Waals surface area (Å²) in [6.07, 6.45) is 1.88. The smallest absolute Gasteiger partial charge is 0.258 e. The molecule has 3 rings (SSSR count). The molecule has 0 aliphatic carbocycles. The van der Waals surface area contributed by atoms with Crippen molar-refractivity contribution in [3.63, 3.8) is 0 Å². The molecule has 0 fully saturated rings. The zero-order chi connectivity index (χ0) is 20.3. The first-order valence-corrected chi connectivity index (χ1v) is 9.61. The van der Waals surface area contributed by atoms with Gasteiger partial charge in [0.05, 0.1) is 6.42 Å². The van der Waals surface area contributed by atoms with Crippen molar-refractivity contribution in [3.8, 4) is 0 Å². The Kier molecular flexibility index (Phi) is 6.39. The zero-order valence-corrected chi connectivity index (χ0v) is 17.2. The average molecular weight is 418 g/mol. The number of pyridine rings is 1. The summed E-state index contributed by atoms with van der Waals surface area (Å²) in [5.41, 5.74) is 1.22. The zero-order valence-electron chi connectivity index (χ0n) is 15.7. The lowest BCUT2D eigenvalue weighted by molar-refractivity contribution is -0.115. The van der Waals surface area contributed by atoms with Crippen molar-refractivity contribution in [1.29, 1.82) is 0 Å². The number of carbonyl (C=O) groups is 1. The van der Waals surface area contributed by atoms with E-state index in [-0.39, 0.29) is 17.9 Å². The quantitative estimate of drug-likeness (QED) is 0.657. The van der Waals surface area contributed by atoms with Crippen LogP contribution in [-0.4, -0.2) is 36.0 Å². The number of nitrogens with zero attached hydrogens (tertiary/aromatic N) is 2. The summed E-state index contributed by atoms with van der Waals surface area (Å²) in [6, 6.07) is 12.2. The van der Waals surface area contributed by atoms with Gasteiger partial charge in [0, 0.05) is 45.8 Å². The van der Waals surface area contributed by atoms with Crippen molar-refractivity contribution >= 4 is 45.6 Å². The molecule has 146 valence electrons. The van der Waals surface area contributed by atoms with Crippen LogP contribution in [0.5, 0.6) is 0 Å². The van der Waals surface area contributed by atoms with E-state index in [1.54, 1.807) is 47.2 Å². The van der Waals surface area contributed by atoms with Gasteiger partial charge in [0.25, 0.3) is 5.56 Å². The van der Waals surface area contributed by atoms with Gasteiger partial charge in [-0.15, -0.1) is 0 Å². The number of aromatic nitrogens is 1. The van der Waals surface area contributed by atoms with E-state index >= 15 is 0 Å². The van der Waals surface area contributed by atoms with Gasteiger partial charge in [-0.2, -0.15) is 0 Å². The second-order valence-corrected chi connectivity index (χ2v) is 7.69. The predicted octanol–water partition coefficient (Wildman–Crippen LogP) is 4.05. The summed E-state index contributed by atoms with van der Waals surface area (Å²) in [7, 11) is 3.93. The van der Waals surface area contributed by atoms with E-state index in [9.17, 15) is 9.59 Å². The van der Waals surface area contributed by atoms with Crippen LogP contribution in [0.1, 0.15) is 5.56 Å². The highest BCUT2D eigenvalue weighted by Gasteiger charge is 2.11. The van der Waals surface area contributed by atoms with Crippen molar-refractivity contribution in [2.24, 2.45) is 0 Å². The fourth-order valence-electron chi connectivity index (χ4n) is 2.94. The van der Waals surface area contributed by atoms with Crippen LogP contribution in [0.25, 0.3) is 10.8 Å². The minimum Gasteiger partial charge on any atom is -0.325 e. The van der Waals surface area contributed by atoms with Crippen LogP contribution in [0.15, 0.2) is 53.5 Å². The standard InChI is InChI=1S/C21H21Cl2N3O2/c1-25(2)10-11-26-9-8-16-17(21(26)28)4-3-5-19(16)24-20(27)12-14-6-7-15(22)13-18(14)23/h3-9,13H,10-12H2,1-2H3,(H,24,27). The number of hydrogen-bond acceptors (Lipinski definition) is 3. The molecular weight excluding hydrogens is 397 g/mol. The maximum atomic E-state index is 12.7. The van der Waals surface area contributed by atoms with Crippen LogP contribution < -0.4 is 10.9 Å². The number of hydrogen-bond donors (Lipinski definition) is 1. The first-order valence-electron chi connectivity index (χ1n) is 8.86. The summed E-state index contributed by atoms with van der Waals surface area (Å²) < 4.78 is 1.68. The molecule has 1 heterocycles. The Balaban J connectivity index is 1.84. The molecule has 3 aromatic rings. The summed E-state index contributed by atoms with van der Waals surface area (Å²) >= 11 is 12.0. The molecule has 0 atom stereocenters. The number of benzene rings is 2. The van der Waals surface area contributed by atoms with Gasteiger partial charge in [-0.25, -0.2) is 0 Å². The highest BCUT2D eigenvalue weighted by atomic mass is 35.5. The molecule has 28 heavy (non-hydrogen) atoms. The van der Waals surface area contributed by atoms with E-state index in [0.717, 1.165) is 6.54 Å². The SMILES string of the molecule is CN(C)CCn1ccc2c(NC(=O)Cc3ccc(Cl)cc3Cl)cccc2c1=O. The van der Waals surface area contributed by atoms with E-state index < -0.39 is 0 Å². The molecule has 2 aromatic carbocycles. The Morgan fingerprint density at radius 1 is 1.11 bits per heavy atom. The molecule has 5 nitrogen and oxygen atoms in total. The van der Waals surface area contributed by atoms with E-state index in [1.165, 1.54) is 0 Å². The normalized spacial score (nSPS) is 11.2. The molecule has 1 amide bonds. The first kappa shape index (κ1) is 20.4. The molecule has 0 radical (unpaired) electrons. The number of likely N-dealkylation sites (N-methyl/N-ethyl adjacent to an activating group) is 1. The molecule has 0 saturated heterocycles. The van der Waals surface area contributed by atoms with Gasteiger partial charge in [-0.3, -0.25) is 9.59 Å². The average Bonchev–Trinajstić information content (AvgIpc) is 2.64. The molecular formula is C21H21Cl2N3O2. The first-order chi connectivity index (χ1) is 13.3. The largest absolute Gasteiger partial charge is 0.325 e. The van der Waals surface area contributed by atoms with Gasteiger partial charge in [-0.05, 0) is 50.0 Å². The molecule has 1 N–H and O–H groups in total. The van der Waals surface area contributed by atoms with Gasteiger partial charge in [-0.1, -0.05) is 35.3 Å². The van der Waals surface area contributed by atoms with Gasteiger partial charge < -0.3 is 14.8 Å². The Labute approximate surface area is 173 Å². The minimum atomic E-state index is -0.214. The highest BCUT2D eigenvalue weighted by molar-refractivity contribution is 6.35. The van der Waals surface area contributed by atoms with Gasteiger partial charge in [0.15, 0.2) is 0 Å². The van der Waals surface area contributed by atoms with Gasteiger partial charge in [0.2, 0.25) is 5.91 Å². The lowest BCUT2D eigenvalue weighted by Crippen LogP contribution is -2.26. The minimum absolute atomic E-state index is 0.0730. The van der Waals surface area contributed by atoms with Crippen LogP contribution in [0.4, 0.5) is 5.69 Å². The molecule has 0 bridgehead atoms. The fraction of sp³-hybridized carbons (Fsp3) is 0.238. The number of carbonyl (C=O) groups excluding carboxylic acids is 1. The van der Waals surface area contributed by atoms with E-state index in [0.29, 0.717) is 38.6 Å². The molecule has 7 heteroatoms. The van der Waals surface area contributed by atoms with Gasteiger partial charge in [0.1, 0.15) is 0 Å². The molecule has 0 spiro atoms. The maximum absolute atomic E-state index is 12.7. The third-order valence-electron chi connectivity index (χ3n) is 4.45. The van der Waals surface area contributed by atoms with Crippen LogP contribution >= 0.6 is 23.2 Å². The maximum Gasteiger partial charge on any atom is 0.258 e. The second-order valence-electron chi connectivity index (χ2n) is 6.85. The van der Waals surface area contributed by atoms with E-state index in [2.05, 4.69) is 5.32 Å². The van der Waals surface area contributed by atoms with Crippen molar-refractivity contribution in [2.75, 3.05) is 26.0 Å². The monoisotopic (exact) mass is 417 g/mol. The van der Waals surface area contributed by atoms with E-state index in [1.807, 2.05) is 25.1 Å². The number of anilines is 1. The van der Waals surface area contributed by atoms with Crippen LogP contribution in [-0.2, 0) is 17.8 Å². The Bertz CT molecular complexity index is 1080. The van der Waals surface area contributed by atoms with E-state index in [4.69, 9.17) is 23.2 Å². The lowest BCUT2D eigenvalue weighted by Gasteiger charge is -2.13. The second kappa shape index (κ2) is 8.78. The predicted molar refractivity (Wildman–Crippen MR) is 116 cm³/mol. The molecule has 0 saturated carbocycles. The topological polar surface area (TPSA) is 54.3 Å². The summed E-state index contributed by atoms with van der Waals surface area (Å²) in [5, 5.41) is 5.14. The van der Waals surface area contributed by atoms with Crippen LogP contribution in [0, 0.1) is 0 Å². The molecule has 1 aromatic heterocycles. The highest BCUT2D eigenvalue weighted by Crippen LogP contribution is 2.23.